The minimum atomic E-state index is -0.425. The van der Waals surface area contributed by atoms with Gasteiger partial charge < -0.3 is 5.32 Å². The van der Waals surface area contributed by atoms with Gasteiger partial charge in [0, 0.05) is 6.92 Å². The molecule has 0 heterocycles. The fourth-order valence-corrected chi connectivity index (χ4v) is 1.40. The van der Waals surface area contributed by atoms with Gasteiger partial charge in [-0.05, 0) is 23.3 Å². The normalized spacial score (nSPS) is 11.6. The molecule has 1 rings (SSSR count). The van der Waals surface area contributed by atoms with Gasteiger partial charge in [0.25, 0.3) is 0 Å². The molecule has 1 aromatic carbocycles. The second-order valence-electron chi connectivity index (χ2n) is 3.47. The molecule has 1 aromatic rings. The first kappa shape index (κ1) is 12.2. The van der Waals surface area contributed by atoms with E-state index in [2.05, 4.69) is 18.5 Å². The van der Waals surface area contributed by atoms with Gasteiger partial charge in [-0.2, -0.15) is 0 Å². The lowest BCUT2D eigenvalue weighted by Crippen LogP contribution is -2.26. The van der Waals surface area contributed by atoms with E-state index >= 15 is 0 Å². The third-order valence-corrected chi connectivity index (χ3v) is 2.16. The van der Waals surface area contributed by atoms with Crippen LogP contribution in [0.3, 0.4) is 0 Å². The van der Waals surface area contributed by atoms with Crippen molar-refractivity contribution < 1.29 is 9.18 Å². The molecular weight excluding hydrogens is 205 g/mol. The van der Waals surface area contributed by atoms with Crippen molar-refractivity contribution >= 4 is 5.91 Å². The number of carbonyl (C=O) groups excluding carboxylic acids is 1. The summed E-state index contributed by atoms with van der Waals surface area (Å²) < 4.78 is 13.1. The van der Waals surface area contributed by atoms with Crippen LogP contribution in [0, 0.1) is 5.82 Å². The lowest BCUT2D eigenvalue weighted by Gasteiger charge is -2.18. The van der Waals surface area contributed by atoms with Gasteiger partial charge in [-0.15, -0.1) is 0 Å². The van der Waals surface area contributed by atoms with Gasteiger partial charge in [0.1, 0.15) is 5.82 Å². The minimum absolute atomic E-state index is 0.197. The summed E-state index contributed by atoms with van der Waals surface area (Å²) in [6, 6.07) is 5.62. The Bertz CT molecular complexity index is 426. The van der Waals surface area contributed by atoms with Gasteiger partial charge in [-0.25, -0.2) is 4.39 Å². The summed E-state index contributed by atoms with van der Waals surface area (Å²) in [4.78, 5) is 11.1. The van der Waals surface area contributed by atoms with E-state index in [-0.39, 0.29) is 11.7 Å². The van der Waals surface area contributed by atoms with Crippen LogP contribution in [-0.2, 0) is 4.79 Å². The molecule has 0 unspecified atom stereocenters. The molecule has 0 aliphatic carbocycles. The third-order valence-electron chi connectivity index (χ3n) is 2.16. The molecule has 1 atom stereocenters. The highest BCUT2D eigenvalue weighted by molar-refractivity contribution is 5.74. The van der Waals surface area contributed by atoms with E-state index in [1.54, 1.807) is 18.2 Å². The number of nitrogens with one attached hydrogen (secondary N) is 1. The Balaban J connectivity index is 3.05. The van der Waals surface area contributed by atoms with Gasteiger partial charge in [0.05, 0.1) is 6.04 Å². The van der Waals surface area contributed by atoms with Gasteiger partial charge in [-0.1, -0.05) is 31.4 Å². The molecule has 16 heavy (non-hydrogen) atoms. The molecule has 0 bridgehead atoms. The Hall–Kier alpha value is -1.90. The Morgan fingerprint density at radius 3 is 2.75 bits per heavy atom. The van der Waals surface area contributed by atoms with E-state index in [1.807, 2.05) is 0 Å². The van der Waals surface area contributed by atoms with Crippen molar-refractivity contribution in [3.8, 4) is 0 Å². The van der Waals surface area contributed by atoms with Crippen molar-refractivity contribution in [2.24, 2.45) is 0 Å². The first-order valence-electron chi connectivity index (χ1n) is 4.88. The minimum Gasteiger partial charge on any atom is -0.345 e. The van der Waals surface area contributed by atoms with Crippen LogP contribution in [0.25, 0.3) is 0 Å². The molecule has 2 nitrogen and oxygen atoms in total. The fraction of sp³-hybridized carbons (Fsp3) is 0.154. The maximum Gasteiger partial charge on any atom is 0.217 e. The Labute approximate surface area is 94.5 Å². The first-order valence-corrected chi connectivity index (χ1v) is 4.88. The average molecular weight is 219 g/mol. The van der Waals surface area contributed by atoms with Crippen LogP contribution >= 0.6 is 0 Å². The molecule has 84 valence electrons. The summed E-state index contributed by atoms with van der Waals surface area (Å²) in [6.45, 7) is 8.77. The Morgan fingerprint density at radius 1 is 1.56 bits per heavy atom. The predicted molar refractivity (Wildman–Crippen MR) is 62.3 cm³/mol. The Morgan fingerprint density at radius 2 is 2.25 bits per heavy atom. The maximum atomic E-state index is 13.1. The number of carbonyl (C=O) groups is 1. The van der Waals surface area contributed by atoms with E-state index < -0.39 is 6.04 Å². The molecule has 0 fully saturated rings. The van der Waals surface area contributed by atoms with Crippen molar-refractivity contribution in [3.05, 3.63) is 60.5 Å². The lowest BCUT2D eigenvalue weighted by molar-refractivity contribution is -0.119. The van der Waals surface area contributed by atoms with Crippen LogP contribution in [0.1, 0.15) is 18.5 Å². The number of hydrogen-bond donors (Lipinski definition) is 1. The quantitative estimate of drug-likeness (QED) is 0.775. The second kappa shape index (κ2) is 5.26. The molecular formula is C13H14FNO. The lowest BCUT2D eigenvalue weighted by atomic mass is 10.00. The van der Waals surface area contributed by atoms with Crippen LogP contribution in [0.5, 0.6) is 0 Å². The summed E-state index contributed by atoms with van der Waals surface area (Å²) in [5, 5.41) is 2.70. The summed E-state index contributed by atoms with van der Waals surface area (Å²) in [5.41, 5.74) is 1.28. The number of halogens is 1. The molecule has 0 aliphatic heterocycles. The van der Waals surface area contributed by atoms with Crippen molar-refractivity contribution in [1.82, 2.24) is 5.32 Å². The molecule has 0 radical (unpaired) electrons. The molecule has 0 saturated carbocycles. The van der Waals surface area contributed by atoms with Crippen LogP contribution < -0.4 is 5.32 Å². The number of benzene rings is 1. The zero-order valence-electron chi connectivity index (χ0n) is 9.16. The zero-order valence-corrected chi connectivity index (χ0v) is 9.16. The average Bonchev–Trinajstić information content (AvgIpc) is 2.24. The predicted octanol–water partition coefficient (Wildman–Crippen LogP) is 2.75. The third kappa shape index (κ3) is 3.05. The van der Waals surface area contributed by atoms with Crippen molar-refractivity contribution in [3.63, 3.8) is 0 Å². The summed E-state index contributed by atoms with van der Waals surface area (Å²) >= 11 is 0. The molecule has 1 N–H and O–H groups in total. The summed E-state index contributed by atoms with van der Waals surface area (Å²) in [7, 11) is 0. The highest BCUT2D eigenvalue weighted by Crippen LogP contribution is 2.21. The van der Waals surface area contributed by atoms with Gasteiger partial charge >= 0.3 is 0 Å². The summed E-state index contributed by atoms with van der Waals surface area (Å²) in [6.07, 6.45) is 1.55. The Kier molecular flexibility index (Phi) is 4.00. The van der Waals surface area contributed by atoms with Gasteiger partial charge in [0.2, 0.25) is 5.91 Å². The van der Waals surface area contributed by atoms with E-state index in [9.17, 15) is 9.18 Å². The molecule has 0 spiro atoms. The van der Waals surface area contributed by atoms with Crippen molar-refractivity contribution in [2.45, 2.75) is 13.0 Å². The number of hydrogen-bond acceptors (Lipinski definition) is 1. The summed E-state index contributed by atoms with van der Waals surface area (Å²) in [5.74, 6) is -0.540. The van der Waals surface area contributed by atoms with E-state index in [0.717, 1.165) is 0 Å². The molecule has 1 amide bonds. The molecule has 0 aromatic heterocycles. The second-order valence-corrected chi connectivity index (χ2v) is 3.47. The maximum absolute atomic E-state index is 13.1. The van der Waals surface area contributed by atoms with Crippen LogP contribution in [-0.4, -0.2) is 5.91 Å². The van der Waals surface area contributed by atoms with Crippen molar-refractivity contribution in [2.75, 3.05) is 0 Å². The van der Waals surface area contributed by atoms with Gasteiger partial charge in [-0.3, -0.25) is 4.79 Å². The van der Waals surface area contributed by atoms with Crippen LogP contribution in [0.2, 0.25) is 0 Å². The van der Waals surface area contributed by atoms with E-state index in [4.69, 9.17) is 0 Å². The monoisotopic (exact) mass is 219 g/mol. The van der Waals surface area contributed by atoms with E-state index in [0.29, 0.717) is 11.1 Å². The number of amides is 1. The standard InChI is InChI=1S/C13H14FNO/c1-4-9(2)13(15-10(3)16)11-6-5-7-12(14)8-11/h4-8,13H,1-2H2,3H3,(H,15,16)/t13-/m0/s1. The zero-order chi connectivity index (χ0) is 12.1. The molecule has 0 saturated heterocycles. The molecule has 3 heteroatoms. The van der Waals surface area contributed by atoms with E-state index in [1.165, 1.54) is 19.1 Å². The van der Waals surface area contributed by atoms with Crippen molar-refractivity contribution in [1.29, 1.82) is 0 Å². The first-order chi connectivity index (χ1) is 7.54. The number of rotatable bonds is 4. The van der Waals surface area contributed by atoms with Crippen LogP contribution in [0.15, 0.2) is 49.1 Å². The smallest absolute Gasteiger partial charge is 0.217 e. The van der Waals surface area contributed by atoms with Crippen LogP contribution in [0.4, 0.5) is 4.39 Å². The molecule has 0 aliphatic rings. The topological polar surface area (TPSA) is 29.1 Å². The SMILES string of the molecule is C=CC(=C)[C@H](NC(C)=O)c1cccc(F)c1. The fourth-order valence-electron chi connectivity index (χ4n) is 1.40. The highest BCUT2D eigenvalue weighted by Gasteiger charge is 2.14. The highest BCUT2D eigenvalue weighted by atomic mass is 19.1. The van der Waals surface area contributed by atoms with Gasteiger partial charge in [0.15, 0.2) is 0 Å². The largest absolute Gasteiger partial charge is 0.345 e.